The summed E-state index contributed by atoms with van der Waals surface area (Å²) in [6.07, 6.45) is 0.183. The normalized spacial score (nSPS) is 12.0. The number of aryl methyl sites for hydroxylation is 2. The van der Waals surface area contributed by atoms with Crippen molar-refractivity contribution >= 4 is 23.5 Å². The van der Waals surface area contributed by atoms with Gasteiger partial charge in [-0.1, -0.05) is 23.7 Å². The van der Waals surface area contributed by atoms with Crippen molar-refractivity contribution in [1.82, 2.24) is 14.7 Å². The summed E-state index contributed by atoms with van der Waals surface area (Å²) in [5.41, 5.74) is 2.69. The number of hydrogen-bond acceptors (Lipinski definition) is 3. The van der Waals surface area contributed by atoms with E-state index in [0.717, 1.165) is 17.0 Å². The molecule has 1 unspecified atom stereocenters. The van der Waals surface area contributed by atoms with Crippen LogP contribution in [0.1, 0.15) is 36.3 Å². The topological polar surface area (TPSA) is 75.4 Å². The molecule has 0 fully saturated rings. The molecule has 0 aliphatic heterocycles. The Balaban J connectivity index is 2.10. The summed E-state index contributed by atoms with van der Waals surface area (Å²) in [7, 11) is 0. The molecule has 1 aromatic carbocycles. The van der Waals surface area contributed by atoms with E-state index in [4.69, 9.17) is 16.7 Å². The monoisotopic (exact) mass is 363 g/mol. The molecule has 0 aliphatic rings. The van der Waals surface area contributed by atoms with Crippen molar-refractivity contribution in [2.24, 2.45) is 0 Å². The van der Waals surface area contributed by atoms with Gasteiger partial charge in [-0.2, -0.15) is 5.10 Å². The lowest BCUT2D eigenvalue weighted by Gasteiger charge is -2.23. The minimum absolute atomic E-state index is 0.150. The summed E-state index contributed by atoms with van der Waals surface area (Å²) >= 11 is 5.86. The molecule has 0 spiro atoms. The molecule has 0 radical (unpaired) electrons. The van der Waals surface area contributed by atoms with Gasteiger partial charge in [0.1, 0.15) is 6.54 Å². The van der Waals surface area contributed by atoms with Gasteiger partial charge in [-0.05, 0) is 44.5 Å². The summed E-state index contributed by atoms with van der Waals surface area (Å²) in [5.74, 6) is -1.27. The molecule has 134 valence electrons. The highest BCUT2D eigenvalue weighted by Gasteiger charge is 2.21. The molecule has 1 N–H and O–H groups in total. The van der Waals surface area contributed by atoms with Crippen LogP contribution in [0.2, 0.25) is 5.02 Å². The molecule has 1 atom stereocenters. The van der Waals surface area contributed by atoms with Crippen LogP contribution in [0.5, 0.6) is 0 Å². The van der Waals surface area contributed by atoms with E-state index in [9.17, 15) is 9.59 Å². The van der Waals surface area contributed by atoms with E-state index < -0.39 is 5.97 Å². The van der Waals surface area contributed by atoms with Gasteiger partial charge in [0, 0.05) is 23.7 Å². The van der Waals surface area contributed by atoms with Crippen LogP contribution >= 0.6 is 11.6 Å². The molecular formula is C18H22ClN3O3. The minimum Gasteiger partial charge on any atom is -0.480 e. The summed E-state index contributed by atoms with van der Waals surface area (Å²) in [4.78, 5) is 25.1. The lowest BCUT2D eigenvalue weighted by Crippen LogP contribution is -2.36. The smallest absolute Gasteiger partial charge is 0.323 e. The standard InChI is InChI=1S/C18H22ClN3O3/c1-12-8-13(2)22(20-12)14(3)9-17(23)21(11-18(24)25)10-15-4-6-16(19)7-5-15/h4-8,14H,9-11H2,1-3H3,(H,24,25). The molecule has 2 rings (SSSR count). The molecule has 0 saturated heterocycles. The van der Waals surface area contributed by atoms with E-state index in [-0.39, 0.29) is 31.5 Å². The van der Waals surface area contributed by atoms with Gasteiger partial charge in [0.05, 0.1) is 11.7 Å². The highest BCUT2D eigenvalue weighted by Crippen LogP contribution is 2.17. The van der Waals surface area contributed by atoms with Crippen LogP contribution in [0.15, 0.2) is 30.3 Å². The number of halogens is 1. The number of hydrogen-bond donors (Lipinski definition) is 1. The molecule has 1 amide bonds. The Morgan fingerprint density at radius 3 is 2.44 bits per heavy atom. The van der Waals surface area contributed by atoms with Crippen LogP contribution in [-0.4, -0.2) is 38.2 Å². The Bertz CT molecular complexity index is 755. The second-order valence-corrected chi connectivity index (χ2v) is 6.63. The predicted molar refractivity (Wildman–Crippen MR) is 95.5 cm³/mol. The highest BCUT2D eigenvalue weighted by atomic mass is 35.5. The predicted octanol–water partition coefficient (Wildman–Crippen LogP) is 3.22. The van der Waals surface area contributed by atoms with E-state index in [2.05, 4.69) is 5.10 Å². The van der Waals surface area contributed by atoms with E-state index in [1.54, 1.807) is 28.9 Å². The third-order valence-corrected chi connectivity index (χ3v) is 4.15. The Labute approximate surface area is 152 Å². The van der Waals surface area contributed by atoms with Crippen LogP contribution in [0, 0.1) is 13.8 Å². The Morgan fingerprint density at radius 2 is 1.92 bits per heavy atom. The summed E-state index contributed by atoms with van der Waals surface area (Å²) < 4.78 is 1.80. The first-order valence-electron chi connectivity index (χ1n) is 8.03. The average Bonchev–Trinajstić information content (AvgIpc) is 2.87. The van der Waals surface area contributed by atoms with E-state index in [1.807, 2.05) is 26.8 Å². The number of benzene rings is 1. The SMILES string of the molecule is Cc1cc(C)n(C(C)CC(=O)N(CC(=O)O)Cc2ccc(Cl)cc2)n1. The van der Waals surface area contributed by atoms with E-state index in [1.165, 1.54) is 4.90 Å². The van der Waals surface area contributed by atoms with Gasteiger partial charge in [-0.15, -0.1) is 0 Å². The quantitative estimate of drug-likeness (QED) is 0.819. The Morgan fingerprint density at radius 1 is 1.28 bits per heavy atom. The van der Waals surface area contributed by atoms with Crippen molar-refractivity contribution in [2.75, 3.05) is 6.54 Å². The number of carboxylic acid groups (broad SMARTS) is 1. The lowest BCUT2D eigenvalue weighted by molar-refractivity contribution is -0.145. The molecule has 7 heteroatoms. The Kier molecular flexibility index (Phi) is 6.20. The van der Waals surface area contributed by atoms with Crippen molar-refractivity contribution in [3.05, 3.63) is 52.3 Å². The van der Waals surface area contributed by atoms with Gasteiger partial charge in [0.25, 0.3) is 0 Å². The largest absolute Gasteiger partial charge is 0.480 e. The first-order valence-corrected chi connectivity index (χ1v) is 8.41. The first-order chi connectivity index (χ1) is 11.8. The van der Waals surface area contributed by atoms with Crippen molar-refractivity contribution in [3.63, 3.8) is 0 Å². The minimum atomic E-state index is -1.04. The number of carboxylic acids is 1. The van der Waals surface area contributed by atoms with Gasteiger partial charge in [-0.3, -0.25) is 14.3 Å². The lowest BCUT2D eigenvalue weighted by atomic mass is 10.1. The molecule has 25 heavy (non-hydrogen) atoms. The van der Waals surface area contributed by atoms with E-state index in [0.29, 0.717) is 5.02 Å². The van der Waals surface area contributed by atoms with Crippen molar-refractivity contribution in [3.8, 4) is 0 Å². The van der Waals surface area contributed by atoms with Crippen LogP contribution in [0.3, 0.4) is 0 Å². The molecule has 1 aromatic heterocycles. The molecular weight excluding hydrogens is 342 g/mol. The van der Waals surface area contributed by atoms with Gasteiger partial charge >= 0.3 is 5.97 Å². The fourth-order valence-electron chi connectivity index (χ4n) is 2.77. The van der Waals surface area contributed by atoms with Crippen LogP contribution in [-0.2, 0) is 16.1 Å². The molecule has 2 aromatic rings. The van der Waals surface area contributed by atoms with Crippen molar-refractivity contribution < 1.29 is 14.7 Å². The zero-order chi connectivity index (χ0) is 18.6. The van der Waals surface area contributed by atoms with Crippen LogP contribution in [0.4, 0.5) is 0 Å². The maximum absolute atomic E-state index is 12.6. The van der Waals surface area contributed by atoms with E-state index >= 15 is 0 Å². The second-order valence-electron chi connectivity index (χ2n) is 6.19. The third kappa shape index (κ3) is 5.32. The van der Waals surface area contributed by atoms with Crippen LogP contribution < -0.4 is 0 Å². The third-order valence-electron chi connectivity index (χ3n) is 3.90. The van der Waals surface area contributed by atoms with Crippen LogP contribution in [0.25, 0.3) is 0 Å². The zero-order valence-corrected chi connectivity index (χ0v) is 15.3. The van der Waals surface area contributed by atoms with Crippen molar-refractivity contribution in [1.29, 1.82) is 0 Å². The first kappa shape index (κ1) is 19.0. The Hall–Kier alpha value is -2.34. The number of aliphatic carboxylic acids is 1. The van der Waals surface area contributed by atoms with Gasteiger partial charge in [-0.25, -0.2) is 0 Å². The zero-order valence-electron chi connectivity index (χ0n) is 14.6. The maximum Gasteiger partial charge on any atom is 0.323 e. The summed E-state index contributed by atoms with van der Waals surface area (Å²) in [6, 6.07) is 8.81. The fourth-order valence-corrected chi connectivity index (χ4v) is 2.89. The number of amides is 1. The number of aromatic nitrogens is 2. The number of carbonyl (C=O) groups is 2. The summed E-state index contributed by atoms with van der Waals surface area (Å²) in [6.45, 7) is 5.62. The molecule has 6 nitrogen and oxygen atoms in total. The van der Waals surface area contributed by atoms with Gasteiger partial charge < -0.3 is 10.0 Å². The maximum atomic E-state index is 12.6. The summed E-state index contributed by atoms with van der Waals surface area (Å²) in [5, 5.41) is 14.1. The molecule has 0 aliphatic carbocycles. The number of carbonyl (C=O) groups excluding carboxylic acids is 1. The van der Waals surface area contributed by atoms with Gasteiger partial charge in [0.15, 0.2) is 0 Å². The average molecular weight is 364 g/mol. The number of rotatable bonds is 7. The molecule has 0 saturated carbocycles. The molecule has 1 heterocycles. The molecule has 0 bridgehead atoms. The second kappa shape index (κ2) is 8.16. The number of nitrogens with zero attached hydrogens (tertiary/aromatic N) is 3. The highest BCUT2D eigenvalue weighted by molar-refractivity contribution is 6.30. The van der Waals surface area contributed by atoms with Crippen molar-refractivity contribution in [2.45, 2.75) is 39.8 Å². The van der Waals surface area contributed by atoms with Gasteiger partial charge in [0.2, 0.25) is 5.91 Å². The fraction of sp³-hybridized carbons (Fsp3) is 0.389.